The molecule has 3 aromatic rings. The molecule has 0 aliphatic heterocycles. The van der Waals surface area contributed by atoms with Gasteiger partial charge in [-0.2, -0.15) is 4.98 Å². The van der Waals surface area contributed by atoms with Gasteiger partial charge in [0.25, 0.3) is 0 Å². The summed E-state index contributed by atoms with van der Waals surface area (Å²) >= 11 is 1.59. The summed E-state index contributed by atoms with van der Waals surface area (Å²) in [6.45, 7) is 0. The Kier molecular flexibility index (Phi) is 3.50. The van der Waals surface area contributed by atoms with Gasteiger partial charge in [-0.05, 0) is 25.3 Å². The fourth-order valence-electron chi connectivity index (χ4n) is 2.89. The van der Waals surface area contributed by atoms with Crippen LogP contribution >= 0.6 is 11.3 Å². The monoisotopic (exact) mass is 327 g/mol. The topological polar surface area (TPSA) is 82.0 Å². The molecule has 1 fully saturated rings. The van der Waals surface area contributed by atoms with E-state index >= 15 is 0 Å². The Labute approximate surface area is 137 Å². The molecule has 118 valence electrons. The Morgan fingerprint density at radius 1 is 1.35 bits per heavy atom. The third kappa shape index (κ3) is 2.58. The van der Waals surface area contributed by atoms with Crippen molar-refractivity contribution < 1.29 is 9.32 Å². The van der Waals surface area contributed by atoms with Gasteiger partial charge in [0, 0.05) is 33.9 Å². The molecule has 1 aliphatic carbocycles. The summed E-state index contributed by atoms with van der Waals surface area (Å²) < 4.78 is 6.38. The van der Waals surface area contributed by atoms with Gasteiger partial charge in [0.2, 0.25) is 5.89 Å². The molecule has 0 radical (unpaired) electrons. The van der Waals surface area contributed by atoms with Crippen LogP contribution in [0.5, 0.6) is 0 Å². The molecule has 1 aromatic carbocycles. The van der Waals surface area contributed by atoms with Crippen LogP contribution in [0.1, 0.15) is 47.8 Å². The van der Waals surface area contributed by atoms with Crippen molar-refractivity contribution in [1.29, 1.82) is 0 Å². The Hall–Kier alpha value is -2.05. The number of hydrogen-bond acceptors (Lipinski definition) is 6. The zero-order valence-corrected chi connectivity index (χ0v) is 13.4. The fraction of sp³-hybridized carbons (Fsp3) is 0.353. The molecule has 0 bridgehead atoms. The molecule has 2 heterocycles. The van der Waals surface area contributed by atoms with Crippen LogP contribution in [0, 0.1) is 0 Å². The number of ketones is 1. The first-order valence-corrected chi connectivity index (χ1v) is 8.65. The van der Waals surface area contributed by atoms with Crippen LogP contribution in [0.4, 0.5) is 0 Å². The van der Waals surface area contributed by atoms with E-state index < -0.39 is 5.54 Å². The Morgan fingerprint density at radius 3 is 2.96 bits per heavy atom. The lowest BCUT2D eigenvalue weighted by Gasteiger charge is -2.34. The number of carbonyl (C=O) groups is 1. The van der Waals surface area contributed by atoms with Gasteiger partial charge in [0.1, 0.15) is 0 Å². The predicted molar refractivity (Wildman–Crippen MR) is 88.5 cm³/mol. The second-order valence-electron chi connectivity index (χ2n) is 6.09. The minimum absolute atomic E-state index is 0.105. The van der Waals surface area contributed by atoms with Crippen LogP contribution in [-0.4, -0.2) is 15.9 Å². The maximum Gasteiger partial charge on any atom is 0.227 e. The number of nitrogens with zero attached hydrogens (tertiary/aromatic N) is 2. The van der Waals surface area contributed by atoms with E-state index in [1.165, 1.54) is 0 Å². The summed E-state index contributed by atoms with van der Waals surface area (Å²) in [5.74, 6) is 1.17. The predicted octanol–water partition coefficient (Wildman–Crippen LogP) is 3.44. The van der Waals surface area contributed by atoms with Gasteiger partial charge in [-0.25, -0.2) is 0 Å². The van der Waals surface area contributed by atoms with Crippen LogP contribution < -0.4 is 5.73 Å². The molecule has 4 rings (SSSR count). The third-order valence-corrected chi connectivity index (χ3v) is 5.47. The molecule has 6 heteroatoms. The number of nitrogens with two attached hydrogens (primary N) is 1. The average Bonchev–Trinajstić information content (AvgIpc) is 3.17. The van der Waals surface area contributed by atoms with E-state index in [2.05, 4.69) is 10.1 Å². The minimum Gasteiger partial charge on any atom is -0.339 e. The van der Waals surface area contributed by atoms with Crippen molar-refractivity contribution in [1.82, 2.24) is 10.1 Å². The highest BCUT2D eigenvalue weighted by Gasteiger charge is 2.38. The maximum absolute atomic E-state index is 12.5. The summed E-state index contributed by atoms with van der Waals surface area (Å²) in [7, 11) is 0. The van der Waals surface area contributed by atoms with Crippen molar-refractivity contribution in [3.8, 4) is 0 Å². The number of carbonyl (C=O) groups excluding carboxylic acids is 1. The van der Waals surface area contributed by atoms with Crippen LogP contribution in [0.2, 0.25) is 0 Å². The molecular weight excluding hydrogens is 310 g/mol. The summed E-state index contributed by atoms with van der Waals surface area (Å²) in [6.07, 6.45) is 3.70. The standard InChI is InChI=1S/C17H17N3O2S/c18-17(8-3-9-17)16-19-15(22-20-16)7-6-13(21)12-10-23-14-5-2-1-4-11(12)14/h1-2,4-5,10H,3,6-9,18H2. The number of benzene rings is 1. The van der Waals surface area contributed by atoms with E-state index in [1.54, 1.807) is 11.3 Å². The van der Waals surface area contributed by atoms with Gasteiger partial charge >= 0.3 is 0 Å². The fourth-order valence-corrected chi connectivity index (χ4v) is 3.85. The summed E-state index contributed by atoms with van der Waals surface area (Å²) in [5.41, 5.74) is 6.54. The van der Waals surface area contributed by atoms with Gasteiger partial charge in [0.15, 0.2) is 11.6 Å². The van der Waals surface area contributed by atoms with Crippen molar-refractivity contribution in [3.63, 3.8) is 0 Å². The van der Waals surface area contributed by atoms with Gasteiger partial charge in [-0.1, -0.05) is 23.4 Å². The highest BCUT2D eigenvalue weighted by molar-refractivity contribution is 7.17. The first-order valence-electron chi connectivity index (χ1n) is 7.77. The lowest BCUT2D eigenvalue weighted by atomic mass is 9.77. The van der Waals surface area contributed by atoms with Gasteiger partial charge in [-0.15, -0.1) is 11.3 Å². The van der Waals surface area contributed by atoms with E-state index in [-0.39, 0.29) is 5.78 Å². The van der Waals surface area contributed by atoms with Gasteiger partial charge < -0.3 is 10.3 Å². The van der Waals surface area contributed by atoms with Crippen molar-refractivity contribution in [2.24, 2.45) is 5.73 Å². The summed E-state index contributed by atoms with van der Waals surface area (Å²) in [6, 6.07) is 7.95. The van der Waals surface area contributed by atoms with Gasteiger partial charge in [-0.3, -0.25) is 4.79 Å². The molecule has 0 unspecified atom stereocenters. The molecular formula is C17H17N3O2S. The molecule has 1 saturated carbocycles. The van der Waals surface area contributed by atoms with Crippen molar-refractivity contribution in [2.45, 2.75) is 37.6 Å². The van der Waals surface area contributed by atoms with Crippen LogP contribution in [0.3, 0.4) is 0 Å². The van der Waals surface area contributed by atoms with E-state index in [4.69, 9.17) is 10.3 Å². The second kappa shape index (κ2) is 5.54. The highest BCUT2D eigenvalue weighted by atomic mass is 32.1. The first kappa shape index (κ1) is 14.5. The maximum atomic E-state index is 12.5. The number of thiophene rings is 1. The van der Waals surface area contributed by atoms with Crippen molar-refractivity contribution in [3.05, 3.63) is 46.9 Å². The van der Waals surface area contributed by atoms with E-state index in [1.807, 2.05) is 29.6 Å². The first-order chi connectivity index (χ1) is 11.2. The number of hydrogen-bond donors (Lipinski definition) is 1. The molecule has 0 spiro atoms. The Morgan fingerprint density at radius 2 is 2.17 bits per heavy atom. The third-order valence-electron chi connectivity index (χ3n) is 4.51. The summed E-state index contributed by atoms with van der Waals surface area (Å²) in [5, 5.41) is 6.92. The minimum atomic E-state index is -0.421. The SMILES string of the molecule is NC1(c2noc(CCC(=O)c3csc4ccccc34)n2)CCC1. The molecule has 1 aliphatic rings. The molecule has 5 nitrogen and oxygen atoms in total. The second-order valence-corrected chi connectivity index (χ2v) is 7.00. The summed E-state index contributed by atoms with van der Waals surface area (Å²) in [4.78, 5) is 16.8. The lowest BCUT2D eigenvalue weighted by Crippen LogP contribution is -2.44. The molecule has 0 amide bonds. The lowest BCUT2D eigenvalue weighted by molar-refractivity contribution is 0.0981. The van der Waals surface area contributed by atoms with Crippen LogP contribution in [0.25, 0.3) is 10.1 Å². The molecule has 2 N–H and O–H groups in total. The Balaban J connectivity index is 1.45. The molecule has 0 atom stereocenters. The number of Topliss-reactive ketones (excluding diaryl/α,β-unsaturated/α-hetero) is 1. The van der Waals surface area contributed by atoms with Crippen molar-refractivity contribution >= 4 is 27.2 Å². The zero-order chi connectivity index (χ0) is 15.9. The van der Waals surface area contributed by atoms with Crippen molar-refractivity contribution in [2.75, 3.05) is 0 Å². The van der Waals surface area contributed by atoms with Gasteiger partial charge in [0.05, 0.1) is 5.54 Å². The number of aryl methyl sites for hydroxylation is 1. The normalized spacial score (nSPS) is 16.4. The van der Waals surface area contributed by atoms with Crippen LogP contribution in [0.15, 0.2) is 34.2 Å². The average molecular weight is 327 g/mol. The largest absolute Gasteiger partial charge is 0.339 e. The number of fused-ring (bicyclic) bond motifs is 1. The van der Waals surface area contributed by atoms with E-state index in [0.717, 1.165) is 34.9 Å². The molecule has 0 saturated heterocycles. The number of aromatic nitrogens is 2. The molecule has 23 heavy (non-hydrogen) atoms. The van der Waals surface area contributed by atoms with E-state index in [9.17, 15) is 4.79 Å². The Bertz CT molecular complexity index is 863. The van der Waals surface area contributed by atoms with Crippen LogP contribution in [-0.2, 0) is 12.0 Å². The quantitative estimate of drug-likeness (QED) is 0.726. The highest BCUT2D eigenvalue weighted by Crippen LogP contribution is 2.37. The van der Waals surface area contributed by atoms with E-state index in [0.29, 0.717) is 24.6 Å². The number of rotatable bonds is 5. The molecule has 2 aromatic heterocycles. The zero-order valence-electron chi connectivity index (χ0n) is 12.6. The smallest absolute Gasteiger partial charge is 0.227 e.